The third-order valence-corrected chi connectivity index (χ3v) is 3.75. The van der Waals surface area contributed by atoms with Crippen molar-refractivity contribution < 1.29 is 9.90 Å². The lowest BCUT2D eigenvalue weighted by atomic mass is 10.1. The molecular formula is C13H12BrNO3. The number of hydrogen-bond acceptors (Lipinski definition) is 2. The second-order valence-electron chi connectivity index (χ2n) is 4.16. The molecule has 0 amide bonds. The molecule has 0 spiro atoms. The van der Waals surface area contributed by atoms with Crippen LogP contribution in [0.25, 0.3) is 10.9 Å². The minimum Gasteiger partial charge on any atom is -0.481 e. The lowest BCUT2D eigenvalue weighted by molar-refractivity contribution is -0.136. The number of halogens is 1. The lowest BCUT2D eigenvalue weighted by Crippen LogP contribution is -2.20. The molecule has 0 aliphatic rings. The van der Waals surface area contributed by atoms with E-state index in [1.807, 2.05) is 17.7 Å². The number of nitrogens with zero attached hydrogens (tertiary/aromatic N) is 1. The molecule has 94 valence electrons. The first-order valence-electron chi connectivity index (χ1n) is 5.42. The van der Waals surface area contributed by atoms with Crippen molar-refractivity contribution in [3.63, 3.8) is 0 Å². The number of aryl methyl sites for hydroxylation is 1. The van der Waals surface area contributed by atoms with Crippen molar-refractivity contribution >= 4 is 32.8 Å². The SMILES string of the molecule is Cc1c(CC(=O)O)c(=O)c2cccc(Br)c2n1C. The zero-order chi connectivity index (χ0) is 13.4. The van der Waals surface area contributed by atoms with Gasteiger partial charge < -0.3 is 9.67 Å². The quantitative estimate of drug-likeness (QED) is 0.925. The van der Waals surface area contributed by atoms with E-state index in [4.69, 9.17) is 5.11 Å². The molecule has 0 atom stereocenters. The summed E-state index contributed by atoms with van der Waals surface area (Å²) in [6.07, 6.45) is -0.249. The van der Waals surface area contributed by atoms with E-state index >= 15 is 0 Å². The second-order valence-corrected chi connectivity index (χ2v) is 5.01. The van der Waals surface area contributed by atoms with Crippen LogP contribution in [0.1, 0.15) is 11.3 Å². The van der Waals surface area contributed by atoms with E-state index in [1.165, 1.54) is 0 Å². The van der Waals surface area contributed by atoms with E-state index in [0.717, 1.165) is 9.99 Å². The number of para-hydroxylation sites is 1. The van der Waals surface area contributed by atoms with Gasteiger partial charge in [-0.15, -0.1) is 0 Å². The summed E-state index contributed by atoms with van der Waals surface area (Å²) in [5.74, 6) is -0.996. The number of benzene rings is 1. The molecule has 0 aliphatic heterocycles. The van der Waals surface area contributed by atoms with Crippen molar-refractivity contribution in [3.05, 3.63) is 44.2 Å². The van der Waals surface area contributed by atoms with Crippen molar-refractivity contribution in [2.45, 2.75) is 13.3 Å². The van der Waals surface area contributed by atoms with Gasteiger partial charge in [0.1, 0.15) is 0 Å². The third kappa shape index (κ3) is 1.95. The number of hydrogen-bond donors (Lipinski definition) is 1. The van der Waals surface area contributed by atoms with Gasteiger partial charge in [0.25, 0.3) is 0 Å². The molecule has 0 fully saturated rings. The molecule has 0 saturated heterocycles. The van der Waals surface area contributed by atoms with Crippen LogP contribution < -0.4 is 5.43 Å². The van der Waals surface area contributed by atoms with Crippen LogP contribution in [0.5, 0.6) is 0 Å². The van der Waals surface area contributed by atoms with Crippen LogP contribution >= 0.6 is 15.9 Å². The van der Waals surface area contributed by atoms with Gasteiger partial charge in [-0.2, -0.15) is 0 Å². The molecule has 4 nitrogen and oxygen atoms in total. The molecular weight excluding hydrogens is 298 g/mol. The van der Waals surface area contributed by atoms with E-state index < -0.39 is 5.97 Å². The highest BCUT2D eigenvalue weighted by atomic mass is 79.9. The van der Waals surface area contributed by atoms with Gasteiger partial charge in [-0.05, 0) is 35.0 Å². The largest absolute Gasteiger partial charge is 0.481 e. The molecule has 0 bridgehead atoms. The summed E-state index contributed by atoms with van der Waals surface area (Å²) in [7, 11) is 1.83. The van der Waals surface area contributed by atoms with Crippen LogP contribution in [0.4, 0.5) is 0 Å². The summed E-state index contributed by atoms with van der Waals surface area (Å²) in [6, 6.07) is 5.35. The Morgan fingerprint density at radius 3 is 2.72 bits per heavy atom. The molecule has 0 unspecified atom stereocenters. The highest BCUT2D eigenvalue weighted by Crippen LogP contribution is 2.23. The minimum absolute atomic E-state index is 0.204. The van der Waals surface area contributed by atoms with Gasteiger partial charge in [-0.1, -0.05) is 6.07 Å². The molecule has 0 aliphatic carbocycles. The molecule has 1 aromatic heterocycles. The Hall–Kier alpha value is -1.62. The Kier molecular flexibility index (Phi) is 3.26. The van der Waals surface area contributed by atoms with Gasteiger partial charge >= 0.3 is 5.97 Å². The van der Waals surface area contributed by atoms with Gasteiger partial charge in [-0.3, -0.25) is 9.59 Å². The zero-order valence-corrected chi connectivity index (χ0v) is 11.6. The van der Waals surface area contributed by atoms with Crippen molar-refractivity contribution in [1.82, 2.24) is 4.57 Å². The Morgan fingerprint density at radius 2 is 2.11 bits per heavy atom. The molecule has 1 N–H and O–H groups in total. The number of fused-ring (bicyclic) bond motifs is 1. The van der Waals surface area contributed by atoms with Crippen LogP contribution in [-0.4, -0.2) is 15.6 Å². The molecule has 5 heteroatoms. The summed E-state index contributed by atoms with van der Waals surface area (Å²) in [6.45, 7) is 1.76. The van der Waals surface area contributed by atoms with E-state index in [0.29, 0.717) is 16.6 Å². The van der Waals surface area contributed by atoms with Crippen molar-refractivity contribution in [1.29, 1.82) is 0 Å². The zero-order valence-electron chi connectivity index (χ0n) is 10.0. The maximum Gasteiger partial charge on any atom is 0.308 e. The lowest BCUT2D eigenvalue weighted by Gasteiger charge is -2.14. The number of carboxylic acids is 1. The fourth-order valence-corrected chi connectivity index (χ4v) is 2.73. The number of aliphatic carboxylic acids is 1. The van der Waals surface area contributed by atoms with Crippen molar-refractivity contribution in [2.24, 2.45) is 7.05 Å². The smallest absolute Gasteiger partial charge is 0.308 e. The molecule has 1 aromatic carbocycles. The first-order chi connectivity index (χ1) is 8.43. The van der Waals surface area contributed by atoms with Gasteiger partial charge in [0.2, 0.25) is 0 Å². The van der Waals surface area contributed by atoms with Crippen molar-refractivity contribution in [2.75, 3.05) is 0 Å². The Balaban J connectivity index is 2.93. The van der Waals surface area contributed by atoms with E-state index in [1.54, 1.807) is 19.1 Å². The molecule has 2 aromatic rings. The van der Waals surface area contributed by atoms with Crippen LogP contribution in [0.15, 0.2) is 27.5 Å². The van der Waals surface area contributed by atoms with E-state index in [-0.39, 0.29) is 11.8 Å². The fraction of sp³-hybridized carbons (Fsp3) is 0.231. The molecule has 0 radical (unpaired) electrons. The average molecular weight is 310 g/mol. The number of pyridine rings is 1. The standard InChI is InChI=1S/C13H12BrNO3/c1-7-9(6-11(16)17)13(18)8-4-3-5-10(14)12(8)15(7)2/h3-5H,6H2,1-2H3,(H,16,17). The first-order valence-corrected chi connectivity index (χ1v) is 6.21. The van der Waals surface area contributed by atoms with Crippen molar-refractivity contribution in [3.8, 4) is 0 Å². The summed E-state index contributed by atoms with van der Waals surface area (Å²) < 4.78 is 2.67. The minimum atomic E-state index is -0.996. The Bertz CT molecular complexity index is 703. The van der Waals surface area contributed by atoms with Crippen LogP contribution in [-0.2, 0) is 18.3 Å². The highest BCUT2D eigenvalue weighted by molar-refractivity contribution is 9.10. The van der Waals surface area contributed by atoms with Crippen LogP contribution in [0.2, 0.25) is 0 Å². The second kappa shape index (κ2) is 4.57. The highest BCUT2D eigenvalue weighted by Gasteiger charge is 2.15. The molecule has 1 heterocycles. The molecule has 18 heavy (non-hydrogen) atoms. The predicted molar refractivity (Wildman–Crippen MR) is 73.0 cm³/mol. The molecule has 2 rings (SSSR count). The number of rotatable bonds is 2. The maximum atomic E-state index is 12.3. The first kappa shape index (κ1) is 12.8. The number of carboxylic acid groups (broad SMARTS) is 1. The predicted octanol–water partition coefficient (Wildman–Crippen LogP) is 2.24. The monoisotopic (exact) mass is 309 g/mol. The van der Waals surface area contributed by atoms with Crippen LogP contribution in [0, 0.1) is 6.92 Å². The molecule has 0 saturated carbocycles. The Labute approximate surface area is 112 Å². The summed E-state index contributed by atoms with van der Waals surface area (Å²) >= 11 is 3.42. The summed E-state index contributed by atoms with van der Waals surface area (Å²) in [5.41, 5.74) is 1.61. The van der Waals surface area contributed by atoms with Crippen LogP contribution in [0.3, 0.4) is 0 Å². The third-order valence-electron chi connectivity index (χ3n) is 3.11. The van der Waals surface area contributed by atoms with E-state index in [2.05, 4.69) is 15.9 Å². The van der Waals surface area contributed by atoms with E-state index in [9.17, 15) is 9.59 Å². The summed E-state index contributed by atoms with van der Waals surface area (Å²) in [5, 5.41) is 9.41. The van der Waals surface area contributed by atoms with Gasteiger partial charge in [0, 0.05) is 28.2 Å². The number of aromatic nitrogens is 1. The van der Waals surface area contributed by atoms with Gasteiger partial charge in [-0.25, -0.2) is 0 Å². The number of carbonyl (C=O) groups is 1. The summed E-state index contributed by atoms with van der Waals surface area (Å²) in [4.78, 5) is 23.1. The van der Waals surface area contributed by atoms with Gasteiger partial charge in [0.05, 0.1) is 11.9 Å². The normalized spacial score (nSPS) is 10.8. The fourth-order valence-electron chi connectivity index (χ4n) is 2.10. The Morgan fingerprint density at radius 1 is 1.44 bits per heavy atom. The topological polar surface area (TPSA) is 59.3 Å². The maximum absolute atomic E-state index is 12.3. The van der Waals surface area contributed by atoms with Gasteiger partial charge in [0.15, 0.2) is 5.43 Å². The average Bonchev–Trinajstić information content (AvgIpc) is 2.31.